The van der Waals surface area contributed by atoms with Crippen LogP contribution < -0.4 is 0 Å². The van der Waals surface area contributed by atoms with Gasteiger partial charge in [0.1, 0.15) is 5.15 Å². The summed E-state index contributed by atoms with van der Waals surface area (Å²) in [5, 5.41) is 9.59. The van der Waals surface area contributed by atoms with Crippen LogP contribution in [0.3, 0.4) is 0 Å². The van der Waals surface area contributed by atoms with Crippen molar-refractivity contribution in [2.45, 2.75) is 12.8 Å². The van der Waals surface area contributed by atoms with E-state index in [2.05, 4.69) is 4.98 Å². The molecule has 0 aliphatic carbocycles. The van der Waals surface area contributed by atoms with Crippen LogP contribution >= 0.6 is 23.2 Å². The predicted octanol–water partition coefficient (Wildman–Crippen LogP) is 2.31. The summed E-state index contributed by atoms with van der Waals surface area (Å²) in [6, 6.07) is 1.61. The summed E-state index contributed by atoms with van der Waals surface area (Å²) in [5.74, 6) is 0. The lowest BCUT2D eigenvalue weighted by atomic mass is 10.2. The molecule has 0 aliphatic heterocycles. The first-order valence-corrected chi connectivity index (χ1v) is 4.40. The van der Waals surface area contributed by atoms with Crippen LogP contribution in [0, 0.1) is 0 Å². The number of aliphatic hydroxyl groups is 1. The molecule has 1 aromatic rings. The van der Waals surface area contributed by atoms with Gasteiger partial charge in [-0.15, -0.1) is 0 Å². The van der Waals surface area contributed by atoms with E-state index in [9.17, 15) is 0 Å². The van der Waals surface area contributed by atoms with Crippen molar-refractivity contribution in [2.24, 2.45) is 0 Å². The van der Waals surface area contributed by atoms with E-state index in [1.165, 1.54) is 0 Å². The Morgan fingerprint density at radius 2 is 2.17 bits per heavy atom. The van der Waals surface area contributed by atoms with E-state index in [0.29, 0.717) is 16.6 Å². The van der Waals surface area contributed by atoms with Gasteiger partial charge in [-0.25, -0.2) is 4.98 Å². The molecule has 0 amide bonds. The number of aliphatic hydroxyl groups excluding tert-OH is 1. The molecule has 0 bridgehead atoms. The molecule has 0 atom stereocenters. The van der Waals surface area contributed by atoms with Crippen LogP contribution in [0.2, 0.25) is 10.2 Å². The molecule has 12 heavy (non-hydrogen) atoms. The molecule has 1 rings (SSSR count). The van der Waals surface area contributed by atoms with Crippen LogP contribution in [-0.2, 0) is 6.42 Å². The van der Waals surface area contributed by atoms with Crippen LogP contribution in [0.25, 0.3) is 0 Å². The van der Waals surface area contributed by atoms with Gasteiger partial charge in [0.05, 0.1) is 0 Å². The number of aromatic nitrogens is 1. The molecule has 2 nitrogen and oxygen atoms in total. The Kier molecular flexibility index (Phi) is 3.79. The number of hydrogen-bond donors (Lipinski definition) is 1. The Morgan fingerprint density at radius 1 is 1.42 bits per heavy atom. The summed E-state index contributed by atoms with van der Waals surface area (Å²) in [5.41, 5.74) is 0.926. The quantitative estimate of drug-likeness (QED) is 0.769. The largest absolute Gasteiger partial charge is 0.396 e. The van der Waals surface area contributed by atoms with Crippen LogP contribution in [0.15, 0.2) is 12.3 Å². The van der Waals surface area contributed by atoms with Crippen LogP contribution in [0.5, 0.6) is 0 Å². The van der Waals surface area contributed by atoms with Crippen molar-refractivity contribution >= 4 is 23.2 Å². The third-order valence-corrected chi connectivity index (χ3v) is 2.06. The molecule has 1 N–H and O–H groups in total. The van der Waals surface area contributed by atoms with Crippen molar-refractivity contribution in [3.05, 3.63) is 28.0 Å². The van der Waals surface area contributed by atoms with Gasteiger partial charge in [0.25, 0.3) is 0 Å². The van der Waals surface area contributed by atoms with E-state index in [4.69, 9.17) is 28.3 Å². The third-order valence-electron chi connectivity index (χ3n) is 1.50. The van der Waals surface area contributed by atoms with Gasteiger partial charge in [-0.05, 0) is 24.5 Å². The molecule has 0 radical (unpaired) electrons. The molecule has 0 fully saturated rings. The minimum Gasteiger partial charge on any atom is -0.396 e. The lowest BCUT2D eigenvalue weighted by Gasteiger charge is -2.01. The second-order valence-corrected chi connectivity index (χ2v) is 3.22. The summed E-state index contributed by atoms with van der Waals surface area (Å²) < 4.78 is 0. The zero-order chi connectivity index (χ0) is 8.97. The summed E-state index contributed by atoms with van der Waals surface area (Å²) in [6.45, 7) is 0.166. The fourth-order valence-electron chi connectivity index (χ4n) is 0.889. The molecule has 0 spiro atoms. The van der Waals surface area contributed by atoms with Gasteiger partial charge in [0, 0.05) is 17.8 Å². The third kappa shape index (κ3) is 2.63. The van der Waals surface area contributed by atoms with E-state index in [-0.39, 0.29) is 6.61 Å². The first-order valence-electron chi connectivity index (χ1n) is 3.65. The summed E-state index contributed by atoms with van der Waals surface area (Å²) in [7, 11) is 0. The molecule has 0 unspecified atom stereocenters. The highest BCUT2D eigenvalue weighted by atomic mass is 35.5. The van der Waals surface area contributed by atoms with Gasteiger partial charge in [-0.3, -0.25) is 0 Å². The zero-order valence-corrected chi connectivity index (χ0v) is 7.94. The fourth-order valence-corrected chi connectivity index (χ4v) is 1.35. The smallest absolute Gasteiger partial charge is 0.130 e. The molecule has 1 heterocycles. The Bertz CT molecular complexity index is 265. The number of rotatable bonds is 3. The second-order valence-electron chi connectivity index (χ2n) is 2.43. The van der Waals surface area contributed by atoms with E-state index in [1.807, 2.05) is 0 Å². The number of nitrogens with zero attached hydrogens (tertiary/aromatic N) is 1. The highest BCUT2D eigenvalue weighted by Gasteiger charge is 2.00. The maximum absolute atomic E-state index is 8.58. The van der Waals surface area contributed by atoms with E-state index >= 15 is 0 Å². The van der Waals surface area contributed by atoms with Crippen LogP contribution in [-0.4, -0.2) is 16.7 Å². The average Bonchev–Trinajstić information content (AvgIpc) is 2.03. The molecule has 0 aromatic carbocycles. The normalized spacial score (nSPS) is 10.2. The van der Waals surface area contributed by atoms with Gasteiger partial charge < -0.3 is 5.11 Å². The highest BCUT2D eigenvalue weighted by molar-refractivity contribution is 6.34. The van der Waals surface area contributed by atoms with Crippen LogP contribution in [0.4, 0.5) is 0 Å². The van der Waals surface area contributed by atoms with Crippen molar-refractivity contribution in [3.8, 4) is 0 Å². The maximum atomic E-state index is 8.58. The van der Waals surface area contributed by atoms with Gasteiger partial charge in [-0.1, -0.05) is 23.2 Å². The number of hydrogen-bond acceptors (Lipinski definition) is 2. The van der Waals surface area contributed by atoms with Crippen LogP contribution in [0.1, 0.15) is 12.0 Å². The molecule has 0 saturated carbocycles. The standard InChI is InChI=1S/C8H9Cl2NO/c9-7-4-8(10)11-5-6(7)2-1-3-12/h4-5,12H,1-3H2. The van der Waals surface area contributed by atoms with E-state index in [1.54, 1.807) is 12.3 Å². The van der Waals surface area contributed by atoms with E-state index < -0.39 is 0 Å². The zero-order valence-electron chi connectivity index (χ0n) is 6.43. The Labute approximate surface area is 81.1 Å². The first-order chi connectivity index (χ1) is 5.74. The minimum atomic E-state index is 0.166. The number of aryl methyl sites for hydroxylation is 1. The highest BCUT2D eigenvalue weighted by Crippen LogP contribution is 2.19. The van der Waals surface area contributed by atoms with Crippen molar-refractivity contribution in [1.82, 2.24) is 4.98 Å². The van der Waals surface area contributed by atoms with Gasteiger partial charge in [0.15, 0.2) is 0 Å². The Balaban J connectivity index is 2.72. The maximum Gasteiger partial charge on any atom is 0.130 e. The number of pyridine rings is 1. The molecular weight excluding hydrogens is 197 g/mol. The van der Waals surface area contributed by atoms with E-state index in [0.717, 1.165) is 12.0 Å². The van der Waals surface area contributed by atoms with Crippen molar-refractivity contribution in [1.29, 1.82) is 0 Å². The average molecular weight is 206 g/mol. The Hall–Kier alpha value is -0.310. The lowest BCUT2D eigenvalue weighted by molar-refractivity contribution is 0.288. The molecular formula is C8H9Cl2NO. The van der Waals surface area contributed by atoms with Crippen molar-refractivity contribution in [2.75, 3.05) is 6.61 Å². The molecule has 4 heteroatoms. The molecule has 66 valence electrons. The minimum absolute atomic E-state index is 0.166. The summed E-state index contributed by atoms with van der Waals surface area (Å²) in [4.78, 5) is 3.89. The summed E-state index contributed by atoms with van der Waals surface area (Å²) in [6.07, 6.45) is 3.07. The Morgan fingerprint density at radius 3 is 2.75 bits per heavy atom. The number of halogens is 2. The first kappa shape index (κ1) is 9.78. The molecule has 0 saturated heterocycles. The summed E-state index contributed by atoms with van der Waals surface area (Å²) >= 11 is 11.5. The van der Waals surface area contributed by atoms with Gasteiger partial charge in [0.2, 0.25) is 0 Å². The van der Waals surface area contributed by atoms with Crippen molar-refractivity contribution in [3.63, 3.8) is 0 Å². The fraction of sp³-hybridized carbons (Fsp3) is 0.375. The predicted molar refractivity (Wildman–Crippen MR) is 49.7 cm³/mol. The second kappa shape index (κ2) is 4.65. The SMILES string of the molecule is OCCCc1cnc(Cl)cc1Cl. The van der Waals surface area contributed by atoms with Gasteiger partial charge in [-0.2, -0.15) is 0 Å². The monoisotopic (exact) mass is 205 g/mol. The van der Waals surface area contributed by atoms with Gasteiger partial charge >= 0.3 is 0 Å². The molecule has 1 aromatic heterocycles. The topological polar surface area (TPSA) is 33.1 Å². The molecule has 0 aliphatic rings. The van der Waals surface area contributed by atoms with Crippen molar-refractivity contribution < 1.29 is 5.11 Å². The lowest BCUT2D eigenvalue weighted by Crippen LogP contribution is -1.91.